The lowest BCUT2D eigenvalue weighted by atomic mass is 10.1. The molecule has 16 heavy (non-hydrogen) atoms. The second kappa shape index (κ2) is 6.90. The third kappa shape index (κ3) is 3.59. The first-order chi connectivity index (χ1) is 7.81. The highest BCUT2D eigenvalue weighted by Crippen LogP contribution is 2.25. The van der Waals surface area contributed by atoms with E-state index in [4.69, 9.17) is 15.2 Å². The Labute approximate surface area is 96.9 Å². The largest absolute Gasteiger partial charge is 0.497 e. The summed E-state index contributed by atoms with van der Waals surface area (Å²) >= 11 is 0. The molecule has 3 heteroatoms. The molecule has 0 heterocycles. The highest BCUT2D eigenvalue weighted by Gasteiger charge is 2.04. The summed E-state index contributed by atoms with van der Waals surface area (Å²) in [5.41, 5.74) is 6.67. The Morgan fingerprint density at radius 1 is 1.44 bits per heavy atom. The van der Waals surface area contributed by atoms with Crippen molar-refractivity contribution >= 4 is 0 Å². The highest BCUT2D eigenvalue weighted by atomic mass is 16.5. The minimum atomic E-state index is 0.615. The molecule has 1 aromatic rings. The Bertz CT molecular complexity index is 337. The maximum absolute atomic E-state index is 5.67. The van der Waals surface area contributed by atoms with E-state index in [1.54, 1.807) is 7.11 Å². The van der Waals surface area contributed by atoms with Crippen molar-refractivity contribution in [2.75, 3.05) is 20.3 Å². The van der Waals surface area contributed by atoms with Crippen molar-refractivity contribution in [3.05, 3.63) is 36.4 Å². The summed E-state index contributed by atoms with van der Waals surface area (Å²) in [7, 11) is 1.64. The van der Waals surface area contributed by atoms with Crippen molar-refractivity contribution in [3.8, 4) is 11.5 Å². The molecular weight excluding hydrogens is 202 g/mol. The van der Waals surface area contributed by atoms with Crippen molar-refractivity contribution in [3.63, 3.8) is 0 Å². The van der Waals surface area contributed by atoms with Gasteiger partial charge < -0.3 is 15.2 Å². The van der Waals surface area contributed by atoms with Crippen LogP contribution in [0.2, 0.25) is 0 Å². The fraction of sp³-hybridized carbons (Fsp3) is 0.385. The van der Waals surface area contributed by atoms with E-state index in [-0.39, 0.29) is 0 Å². The molecule has 0 amide bonds. The standard InChI is InChI=1S/C13H19NO2/c1-3-4-9-16-13-10-12(15-2)6-5-11(13)7-8-14/h3,5-6,10H,1,4,7-9,14H2,2H3. The summed E-state index contributed by atoms with van der Waals surface area (Å²) in [6.45, 7) is 4.91. The smallest absolute Gasteiger partial charge is 0.126 e. The minimum absolute atomic E-state index is 0.615. The third-order valence-corrected chi connectivity index (χ3v) is 2.27. The molecule has 88 valence electrons. The molecule has 0 bridgehead atoms. The van der Waals surface area contributed by atoms with Gasteiger partial charge in [-0.1, -0.05) is 12.1 Å². The predicted molar refractivity (Wildman–Crippen MR) is 66.1 cm³/mol. The van der Waals surface area contributed by atoms with Crippen molar-refractivity contribution in [2.24, 2.45) is 5.73 Å². The summed E-state index contributed by atoms with van der Waals surface area (Å²) < 4.78 is 10.8. The van der Waals surface area contributed by atoms with Gasteiger partial charge in [0.1, 0.15) is 11.5 Å². The van der Waals surface area contributed by atoms with Gasteiger partial charge in [-0.05, 0) is 31.0 Å². The number of hydrogen-bond acceptors (Lipinski definition) is 3. The zero-order valence-electron chi connectivity index (χ0n) is 9.74. The van der Waals surface area contributed by atoms with Gasteiger partial charge in [0.2, 0.25) is 0 Å². The maximum Gasteiger partial charge on any atom is 0.126 e. The normalized spacial score (nSPS) is 9.88. The second-order valence-electron chi connectivity index (χ2n) is 3.44. The highest BCUT2D eigenvalue weighted by molar-refractivity contribution is 5.41. The number of ether oxygens (including phenoxy) is 2. The fourth-order valence-corrected chi connectivity index (χ4v) is 1.41. The fourth-order valence-electron chi connectivity index (χ4n) is 1.41. The van der Waals surface area contributed by atoms with Crippen LogP contribution in [0, 0.1) is 0 Å². The summed E-state index contributed by atoms with van der Waals surface area (Å²) in [5, 5.41) is 0. The van der Waals surface area contributed by atoms with Gasteiger partial charge in [0.15, 0.2) is 0 Å². The van der Waals surface area contributed by atoms with Crippen LogP contribution in [0.4, 0.5) is 0 Å². The van der Waals surface area contributed by atoms with Gasteiger partial charge in [-0.25, -0.2) is 0 Å². The van der Waals surface area contributed by atoms with E-state index in [9.17, 15) is 0 Å². The molecule has 0 radical (unpaired) electrons. The van der Waals surface area contributed by atoms with E-state index in [1.165, 1.54) is 0 Å². The van der Waals surface area contributed by atoms with Crippen LogP contribution >= 0.6 is 0 Å². The monoisotopic (exact) mass is 221 g/mol. The Morgan fingerprint density at radius 3 is 2.88 bits per heavy atom. The molecule has 1 rings (SSSR count). The molecule has 0 aliphatic rings. The van der Waals surface area contributed by atoms with Gasteiger partial charge >= 0.3 is 0 Å². The van der Waals surface area contributed by atoms with E-state index in [2.05, 4.69) is 6.58 Å². The maximum atomic E-state index is 5.67. The Kier molecular flexibility index (Phi) is 5.43. The van der Waals surface area contributed by atoms with Crippen molar-refractivity contribution in [1.82, 2.24) is 0 Å². The molecule has 0 atom stereocenters. The second-order valence-corrected chi connectivity index (χ2v) is 3.44. The topological polar surface area (TPSA) is 44.5 Å². The first kappa shape index (κ1) is 12.6. The average molecular weight is 221 g/mol. The molecule has 0 aliphatic carbocycles. The minimum Gasteiger partial charge on any atom is -0.497 e. The van der Waals surface area contributed by atoms with E-state index < -0.39 is 0 Å². The van der Waals surface area contributed by atoms with Crippen molar-refractivity contribution < 1.29 is 9.47 Å². The van der Waals surface area contributed by atoms with Crippen molar-refractivity contribution in [2.45, 2.75) is 12.8 Å². The summed E-state index contributed by atoms with van der Waals surface area (Å²) in [4.78, 5) is 0. The number of hydrogen-bond donors (Lipinski definition) is 1. The lowest BCUT2D eigenvalue weighted by molar-refractivity contribution is 0.318. The molecule has 0 fully saturated rings. The number of rotatable bonds is 7. The van der Waals surface area contributed by atoms with Gasteiger partial charge in [0, 0.05) is 6.07 Å². The van der Waals surface area contributed by atoms with E-state index in [0.29, 0.717) is 13.2 Å². The van der Waals surface area contributed by atoms with Crippen LogP contribution < -0.4 is 15.2 Å². The van der Waals surface area contributed by atoms with Crippen LogP contribution in [0.1, 0.15) is 12.0 Å². The first-order valence-corrected chi connectivity index (χ1v) is 5.42. The molecule has 0 spiro atoms. The Balaban J connectivity index is 2.77. The molecule has 0 saturated carbocycles. The van der Waals surface area contributed by atoms with Gasteiger partial charge in [-0.3, -0.25) is 0 Å². The SMILES string of the molecule is C=CCCOc1cc(OC)ccc1CCN. The van der Waals surface area contributed by atoms with Gasteiger partial charge in [0.05, 0.1) is 13.7 Å². The van der Waals surface area contributed by atoms with Crippen LogP contribution in [0.3, 0.4) is 0 Å². The molecule has 0 aliphatic heterocycles. The summed E-state index contributed by atoms with van der Waals surface area (Å²) in [6.07, 6.45) is 3.48. The van der Waals surface area contributed by atoms with E-state index >= 15 is 0 Å². The van der Waals surface area contributed by atoms with Crippen LogP contribution in [-0.2, 0) is 6.42 Å². The van der Waals surface area contributed by atoms with Gasteiger partial charge in [-0.2, -0.15) is 0 Å². The molecule has 0 unspecified atom stereocenters. The van der Waals surface area contributed by atoms with Crippen LogP contribution in [-0.4, -0.2) is 20.3 Å². The lowest BCUT2D eigenvalue weighted by Crippen LogP contribution is -2.06. The molecule has 0 aromatic heterocycles. The number of nitrogens with two attached hydrogens (primary N) is 1. The van der Waals surface area contributed by atoms with Crippen LogP contribution in [0.5, 0.6) is 11.5 Å². The Morgan fingerprint density at radius 2 is 2.25 bits per heavy atom. The predicted octanol–water partition coefficient (Wildman–Crippen LogP) is 2.15. The Hall–Kier alpha value is -1.48. The molecular formula is C13H19NO2. The lowest BCUT2D eigenvalue weighted by Gasteiger charge is -2.11. The summed E-state index contributed by atoms with van der Waals surface area (Å²) in [6, 6.07) is 5.81. The zero-order chi connectivity index (χ0) is 11.8. The van der Waals surface area contributed by atoms with Crippen molar-refractivity contribution in [1.29, 1.82) is 0 Å². The first-order valence-electron chi connectivity index (χ1n) is 5.42. The number of methoxy groups -OCH3 is 1. The summed E-state index contributed by atoms with van der Waals surface area (Å²) in [5.74, 6) is 1.65. The van der Waals surface area contributed by atoms with E-state index in [1.807, 2.05) is 24.3 Å². The molecule has 2 N–H and O–H groups in total. The number of benzene rings is 1. The van der Waals surface area contributed by atoms with E-state index in [0.717, 1.165) is 29.9 Å². The van der Waals surface area contributed by atoms with Crippen LogP contribution in [0.25, 0.3) is 0 Å². The molecule has 0 saturated heterocycles. The average Bonchev–Trinajstić information content (AvgIpc) is 2.31. The third-order valence-electron chi connectivity index (χ3n) is 2.27. The molecule has 3 nitrogen and oxygen atoms in total. The van der Waals surface area contributed by atoms with Gasteiger partial charge in [0.25, 0.3) is 0 Å². The molecule has 1 aromatic carbocycles. The zero-order valence-corrected chi connectivity index (χ0v) is 9.74. The quantitative estimate of drug-likeness (QED) is 0.567. The van der Waals surface area contributed by atoms with Crippen LogP contribution in [0.15, 0.2) is 30.9 Å². The van der Waals surface area contributed by atoms with Gasteiger partial charge in [-0.15, -0.1) is 6.58 Å².